The number of halogens is 2. The van der Waals surface area contributed by atoms with Gasteiger partial charge >= 0.3 is 0 Å². The number of hydrogen-bond donors (Lipinski definition) is 1. The molecule has 0 unspecified atom stereocenters. The first-order valence-corrected chi connectivity index (χ1v) is 5.56. The number of rotatable bonds is 3. The van der Waals surface area contributed by atoms with Crippen molar-refractivity contribution in [3.63, 3.8) is 0 Å². The zero-order chi connectivity index (χ0) is 10.6. The van der Waals surface area contributed by atoms with Crippen LogP contribution in [-0.2, 0) is 0 Å². The SMILES string of the molecule is CC/C=C\Nc1c(Cl)ncc(Br)c1C. The Bertz CT molecular complexity index is 350. The molecule has 1 aromatic heterocycles. The molecule has 0 aliphatic heterocycles. The second-order valence-corrected chi connectivity index (χ2v) is 4.06. The van der Waals surface area contributed by atoms with E-state index in [0.29, 0.717) is 5.15 Å². The fraction of sp³-hybridized carbons (Fsp3) is 0.300. The summed E-state index contributed by atoms with van der Waals surface area (Å²) in [6.45, 7) is 4.06. The van der Waals surface area contributed by atoms with Crippen molar-refractivity contribution in [1.82, 2.24) is 4.98 Å². The van der Waals surface area contributed by atoms with E-state index in [4.69, 9.17) is 11.6 Å². The van der Waals surface area contributed by atoms with Crippen molar-refractivity contribution in [2.75, 3.05) is 5.32 Å². The zero-order valence-corrected chi connectivity index (χ0v) is 10.5. The molecule has 0 saturated heterocycles. The van der Waals surface area contributed by atoms with Gasteiger partial charge in [0.2, 0.25) is 0 Å². The highest BCUT2D eigenvalue weighted by Gasteiger charge is 2.06. The van der Waals surface area contributed by atoms with Crippen LogP contribution in [0.2, 0.25) is 5.15 Å². The first kappa shape index (κ1) is 11.5. The van der Waals surface area contributed by atoms with Crippen LogP contribution in [0.4, 0.5) is 5.69 Å². The van der Waals surface area contributed by atoms with Gasteiger partial charge in [-0.1, -0.05) is 24.6 Å². The third-order valence-electron chi connectivity index (χ3n) is 1.81. The lowest BCUT2D eigenvalue weighted by atomic mass is 10.2. The van der Waals surface area contributed by atoms with E-state index >= 15 is 0 Å². The molecule has 0 aliphatic carbocycles. The molecule has 0 bridgehead atoms. The van der Waals surface area contributed by atoms with Crippen molar-refractivity contribution in [2.24, 2.45) is 0 Å². The Balaban J connectivity index is 2.95. The quantitative estimate of drug-likeness (QED) is 0.839. The molecule has 1 rings (SSSR count). The second-order valence-electron chi connectivity index (χ2n) is 2.85. The van der Waals surface area contributed by atoms with Gasteiger partial charge in [0, 0.05) is 10.7 Å². The Morgan fingerprint density at radius 3 is 3.00 bits per heavy atom. The number of nitrogens with one attached hydrogen (secondary N) is 1. The van der Waals surface area contributed by atoms with Gasteiger partial charge in [0.1, 0.15) is 0 Å². The number of aromatic nitrogens is 1. The van der Waals surface area contributed by atoms with Crippen molar-refractivity contribution in [2.45, 2.75) is 20.3 Å². The molecule has 0 fully saturated rings. The highest BCUT2D eigenvalue weighted by molar-refractivity contribution is 9.10. The molecule has 0 saturated carbocycles. The summed E-state index contributed by atoms with van der Waals surface area (Å²) in [6, 6.07) is 0. The number of hydrogen-bond acceptors (Lipinski definition) is 2. The highest BCUT2D eigenvalue weighted by Crippen LogP contribution is 2.28. The minimum absolute atomic E-state index is 0.492. The van der Waals surface area contributed by atoms with E-state index in [-0.39, 0.29) is 0 Å². The van der Waals surface area contributed by atoms with Crippen molar-refractivity contribution in [3.8, 4) is 0 Å². The Morgan fingerprint density at radius 2 is 2.36 bits per heavy atom. The fourth-order valence-electron chi connectivity index (χ4n) is 0.977. The average molecular weight is 276 g/mol. The van der Waals surface area contributed by atoms with Crippen LogP contribution < -0.4 is 5.32 Å². The van der Waals surface area contributed by atoms with E-state index < -0.39 is 0 Å². The first-order chi connectivity index (χ1) is 6.66. The largest absolute Gasteiger partial charge is 0.359 e. The summed E-state index contributed by atoms with van der Waals surface area (Å²) in [5.74, 6) is 0. The van der Waals surface area contributed by atoms with Gasteiger partial charge in [0.15, 0.2) is 5.15 Å². The van der Waals surface area contributed by atoms with Crippen LogP contribution in [0.3, 0.4) is 0 Å². The number of anilines is 1. The first-order valence-electron chi connectivity index (χ1n) is 4.39. The molecule has 1 N–H and O–H groups in total. The predicted molar refractivity (Wildman–Crippen MR) is 64.7 cm³/mol. The lowest BCUT2D eigenvalue weighted by molar-refractivity contribution is 1.21. The molecule has 0 amide bonds. The smallest absolute Gasteiger partial charge is 0.152 e. The van der Waals surface area contributed by atoms with Gasteiger partial charge in [-0.15, -0.1) is 0 Å². The topological polar surface area (TPSA) is 24.9 Å². The number of allylic oxidation sites excluding steroid dienone is 1. The molecule has 2 nitrogen and oxygen atoms in total. The molecule has 0 aromatic carbocycles. The maximum absolute atomic E-state index is 5.95. The lowest BCUT2D eigenvalue weighted by Gasteiger charge is -2.08. The monoisotopic (exact) mass is 274 g/mol. The standard InChI is InChI=1S/C10H12BrClN2/c1-3-4-5-13-9-7(2)8(11)6-14-10(9)12/h4-6,13H,3H2,1-2H3/b5-4-. The molecule has 0 aliphatic rings. The summed E-state index contributed by atoms with van der Waals surface area (Å²) in [6.07, 6.45) is 6.59. The summed E-state index contributed by atoms with van der Waals surface area (Å²) >= 11 is 9.36. The van der Waals surface area contributed by atoms with Gasteiger partial charge in [-0.05, 0) is 41.0 Å². The molecule has 0 atom stereocenters. The van der Waals surface area contributed by atoms with E-state index in [1.54, 1.807) is 6.20 Å². The maximum atomic E-state index is 5.95. The van der Waals surface area contributed by atoms with Gasteiger partial charge in [0.05, 0.1) is 5.69 Å². The van der Waals surface area contributed by atoms with Gasteiger partial charge in [-0.3, -0.25) is 0 Å². The minimum Gasteiger partial charge on any atom is -0.359 e. The number of nitrogens with zero attached hydrogens (tertiary/aromatic N) is 1. The number of pyridine rings is 1. The van der Waals surface area contributed by atoms with Crippen LogP contribution in [0.5, 0.6) is 0 Å². The van der Waals surface area contributed by atoms with Crippen LogP contribution in [0.15, 0.2) is 22.9 Å². The third kappa shape index (κ3) is 2.72. The van der Waals surface area contributed by atoms with Crippen molar-refractivity contribution in [3.05, 3.63) is 33.7 Å². The Labute approximate surface area is 97.5 Å². The lowest BCUT2D eigenvalue weighted by Crippen LogP contribution is -1.94. The molecule has 76 valence electrons. The van der Waals surface area contributed by atoms with Crippen LogP contribution in [0, 0.1) is 6.92 Å². The second kappa shape index (κ2) is 5.37. The molecule has 0 spiro atoms. The van der Waals surface area contributed by atoms with Crippen molar-refractivity contribution >= 4 is 33.2 Å². The van der Waals surface area contributed by atoms with Gasteiger partial charge in [0.25, 0.3) is 0 Å². The molecule has 1 aromatic rings. The van der Waals surface area contributed by atoms with Crippen LogP contribution in [-0.4, -0.2) is 4.98 Å². The van der Waals surface area contributed by atoms with Gasteiger partial charge < -0.3 is 5.32 Å². The molecule has 1 heterocycles. The molecule has 4 heteroatoms. The summed E-state index contributed by atoms with van der Waals surface area (Å²) in [7, 11) is 0. The summed E-state index contributed by atoms with van der Waals surface area (Å²) in [4.78, 5) is 4.04. The molecule has 0 radical (unpaired) electrons. The highest BCUT2D eigenvalue weighted by atomic mass is 79.9. The van der Waals surface area contributed by atoms with E-state index in [9.17, 15) is 0 Å². The zero-order valence-electron chi connectivity index (χ0n) is 8.14. The average Bonchev–Trinajstić information content (AvgIpc) is 2.18. The molecular weight excluding hydrogens is 263 g/mol. The van der Waals surface area contributed by atoms with Crippen molar-refractivity contribution < 1.29 is 0 Å². The van der Waals surface area contributed by atoms with Crippen LogP contribution in [0.1, 0.15) is 18.9 Å². The maximum Gasteiger partial charge on any atom is 0.152 e. The van der Waals surface area contributed by atoms with Crippen molar-refractivity contribution in [1.29, 1.82) is 0 Å². The summed E-state index contributed by atoms with van der Waals surface area (Å²) < 4.78 is 0.953. The fourth-order valence-corrected chi connectivity index (χ4v) is 1.52. The van der Waals surface area contributed by atoms with E-state index in [1.807, 2.05) is 19.2 Å². The van der Waals surface area contributed by atoms with E-state index in [2.05, 4.69) is 33.2 Å². The van der Waals surface area contributed by atoms with Gasteiger partial charge in [-0.2, -0.15) is 0 Å². The van der Waals surface area contributed by atoms with E-state index in [1.165, 1.54) is 0 Å². The van der Waals surface area contributed by atoms with Crippen LogP contribution in [0.25, 0.3) is 0 Å². The van der Waals surface area contributed by atoms with Gasteiger partial charge in [-0.25, -0.2) is 4.98 Å². The van der Waals surface area contributed by atoms with Crippen LogP contribution >= 0.6 is 27.5 Å². The Morgan fingerprint density at radius 1 is 1.64 bits per heavy atom. The minimum atomic E-state index is 0.492. The summed E-state index contributed by atoms with van der Waals surface area (Å²) in [5.41, 5.74) is 1.91. The van der Waals surface area contributed by atoms with E-state index in [0.717, 1.165) is 22.1 Å². The summed E-state index contributed by atoms with van der Waals surface area (Å²) in [5, 5.41) is 3.61. The Hall–Kier alpha value is -0.540. The Kier molecular flexibility index (Phi) is 4.42. The predicted octanol–water partition coefficient (Wildman–Crippen LogP) is 4.14. The third-order valence-corrected chi connectivity index (χ3v) is 2.90. The molecule has 14 heavy (non-hydrogen) atoms. The normalized spacial score (nSPS) is 10.9. The molecular formula is C10H12BrClN2.